The number of benzene rings is 1. The van der Waals surface area contributed by atoms with Crippen LogP contribution in [0.4, 0.5) is 5.82 Å². The van der Waals surface area contributed by atoms with Crippen molar-refractivity contribution in [2.75, 3.05) is 25.6 Å². The van der Waals surface area contributed by atoms with Gasteiger partial charge in [0.25, 0.3) is 11.7 Å². The largest absolute Gasteiger partial charge is 0.381 e. The minimum Gasteiger partial charge on any atom is -0.381 e. The summed E-state index contributed by atoms with van der Waals surface area (Å²) in [7, 11) is 1.58. The molecule has 1 fully saturated rings. The van der Waals surface area contributed by atoms with Crippen LogP contribution < -0.4 is 11.2 Å². The Balaban J connectivity index is 1.41. The lowest BCUT2D eigenvalue weighted by atomic mass is 10.1. The molecule has 3 aliphatic rings. The molecule has 0 aliphatic carbocycles. The van der Waals surface area contributed by atoms with E-state index in [1.807, 2.05) is 6.07 Å². The van der Waals surface area contributed by atoms with Crippen LogP contribution in [0.25, 0.3) is 0 Å². The zero-order valence-corrected chi connectivity index (χ0v) is 21.3. The van der Waals surface area contributed by atoms with E-state index >= 15 is 0 Å². The summed E-state index contributed by atoms with van der Waals surface area (Å²) >= 11 is 0. The number of allylic oxidation sites excluding steroid dienone is 1. The molecule has 2 aromatic rings. The van der Waals surface area contributed by atoms with Crippen molar-refractivity contribution in [3.63, 3.8) is 0 Å². The van der Waals surface area contributed by atoms with Crippen molar-refractivity contribution in [3.8, 4) is 6.07 Å². The van der Waals surface area contributed by atoms with E-state index in [4.69, 9.17) is 20.8 Å². The highest BCUT2D eigenvalue weighted by atomic mass is 16.5. The van der Waals surface area contributed by atoms with E-state index in [9.17, 15) is 9.59 Å². The molecule has 2 amide bonds. The number of pyridine rings is 1. The molecule has 11 nitrogen and oxygen atoms in total. The van der Waals surface area contributed by atoms with Crippen molar-refractivity contribution in [2.45, 2.75) is 18.9 Å². The number of aliphatic imine (C=N–C) groups is 2. The van der Waals surface area contributed by atoms with E-state index in [0.29, 0.717) is 47.3 Å². The summed E-state index contributed by atoms with van der Waals surface area (Å²) in [6.07, 6.45) is 11.4. The molecule has 0 bridgehead atoms. The monoisotopic (exact) mass is 523 g/mol. The highest BCUT2D eigenvalue weighted by Crippen LogP contribution is 2.37. The fourth-order valence-electron chi connectivity index (χ4n) is 4.83. The number of fused-ring (bicyclic) bond motifs is 1. The molecule has 2 atom stereocenters. The van der Waals surface area contributed by atoms with Gasteiger partial charge in [0.2, 0.25) is 11.6 Å². The van der Waals surface area contributed by atoms with Crippen molar-refractivity contribution in [1.29, 1.82) is 5.26 Å². The molecular formula is C28H27N8O3+. The molecule has 1 aromatic heterocycles. The van der Waals surface area contributed by atoms with Crippen LogP contribution in [0, 0.1) is 11.3 Å². The van der Waals surface area contributed by atoms with Gasteiger partial charge in [0.1, 0.15) is 17.7 Å². The average molecular weight is 524 g/mol. The maximum absolute atomic E-state index is 12.9. The summed E-state index contributed by atoms with van der Waals surface area (Å²) in [5.41, 5.74) is 2.93. The number of nitrogens with one attached hydrogen (secondary N) is 1. The minimum atomic E-state index is -0.361. The number of amidine groups is 1. The second-order valence-corrected chi connectivity index (χ2v) is 9.18. The number of quaternary nitrogens is 1. The number of likely N-dealkylation sites (tertiary alicyclic amines) is 1. The van der Waals surface area contributed by atoms with Gasteiger partial charge in [0, 0.05) is 31.5 Å². The topological polar surface area (TPSA) is 146 Å². The number of hydrogen-bond acceptors (Lipinski definition) is 8. The lowest BCUT2D eigenvalue weighted by Gasteiger charge is -2.27. The third-order valence-electron chi connectivity index (χ3n) is 6.73. The first kappa shape index (κ1) is 25.9. The standard InChI is InChI=1S/C28H26N8O3/c1-39-15-3-5-25(37)35-13-2-4-22(35)26-23-18-31-12-14-36(23,30)27(34-26)20-6-8-21(9-7-20)28(38)33-24-16-19(17-29)10-11-32-24/h3,5-12,14,16,18,22H,2,4,13,15,30H2,1H3/p+1. The van der Waals surface area contributed by atoms with Crippen LogP contribution >= 0.6 is 0 Å². The Hall–Kier alpha value is -4.76. The molecular weight excluding hydrogens is 496 g/mol. The van der Waals surface area contributed by atoms with Gasteiger partial charge in [0.15, 0.2) is 0 Å². The number of aromatic nitrogens is 1. The Morgan fingerprint density at radius 3 is 2.90 bits per heavy atom. The molecule has 0 saturated carbocycles. The van der Waals surface area contributed by atoms with Crippen LogP contribution in [0.3, 0.4) is 0 Å². The number of ether oxygens (including phenoxy) is 1. The number of methoxy groups -OCH3 is 1. The molecule has 4 heterocycles. The first-order chi connectivity index (χ1) is 18.9. The lowest BCUT2D eigenvalue weighted by molar-refractivity contribution is -0.750. The number of nitriles is 1. The van der Waals surface area contributed by atoms with Crippen LogP contribution in [0.1, 0.15) is 34.3 Å². The van der Waals surface area contributed by atoms with E-state index in [1.165, 1.54) is 18.3 Å². The van der Waals surface area contributed by atoms with Gasteiger partial charge in [-0.05, 0) is 49.2 Å². The second kappa shape index (κ2) is 10.9. The molecule has 5 rings (SSSR count). The van der Waals surface area contributed by atoms with Crippen molar-refractivity contribution in [2.24, 2.45) is 15.8 Å². The Morgan fingerprint density at radius 2 is 2.13 bits per heavy atom. The predicted molar refractivity (Wildman–Crippen MR) is 145 cm³/mol. The van der Waals surface area contributed by atoms with Crippen molar-refractivity contribution in [1.82, 2.24) is 9.88 Å². The highest BCUT2D eigenvalue weighted by Gasteiger charge is 2.48. The van der Waals surface area contributed by atoms with Gasteiger partial charge < -0.3 is 15.0 Å². The Labute approximate surface area is 225 Å². The maximum Gasteiger partial charge on any atom is 0.264 e. The summed E-state index contributed by atoms with van der Waals surface area (Å²) in [4.78, 5) is 40.8. The van der Waals surface area contributed by atoms with Crippen molar-refractivity contribution >= 4 is 29.7 Å². The number of hydrogen-bond donors (Lipinski definition) is 2. The van der Waals surface area contributed by atoms with Gasteiger partial charge in [-0.25, -0.2) is 4.98 Å². The van der Waals surface area contributed by atoms with Crippen molar-refractivity contribution in [3.05, 3.63) is 95.2 Å². The van der Waals surface area contributed by atoms with Crippen LogP contribution in [-0.2, 0) is 9.53 Å². The van der Waals surface area contributed by atoms with Crippen LogP contribution in [0.15, 0.2) is 88.5 Å². The van der Waals surface area contributed by atoms with E-state index in [0.717, 1.165) is 18.4 Å². The van der Waals surface area contributed by atoms with Gasteiger partial charge in [-0.2, -0.15) is 16.1 Å². The molecule has 39 heavy (non-hydrogen) atoms. The van der Waals surface area contributed by atoms with Crippen LogP contribution in [0.2, 0.25) is 0 Å². The number of rotatable bonds is 7. The van der Waals surface area contributed by atoms with Gasteiger partial charge in [-0.15, -0.1) is 4.59 Å². The molecule has 1 saturated heterocycles. The Kier molecular flexibility index (Phi) is 7.25. The predicted octanol–water partition coefficient (Wildman–Crippen LogP) is 2.62. The Bertz CT molecular complexity index is 1500. The highest BCUT2D eigenvalue weighted by molar-refractivity contribution is 6.05. The van der Waals surface area contributed by atoms with Gasteiger partial charge in [-0.3, -0.25) is 14.6 Å². The van der Waals surface area contributed by atoms with E-state index in [-0.39, 0.29) is 22.4 Å². The smallest absolute Gasteiger partial charge is 0.264 e. The molecule has 1 aromatic carbocycles. The molecule has 3 N–H and O–H groups in total. The molecule has 0 radical (unpaired) electrons. The fourth-order valence-corrected chi connectivity index (χ4v) is 4.83. The van der Waals surface area contributed by atoms with E-state index in [2.05, 4.69) is 15.3 Å². The first-order valence-corrected chi connectivity index (χ1v) is 12.4. The summed E-state index contributed by atoms with van der Waals surface area (Å²) in [5, 5.41) is 11.8. The molecule has 3 aliphatic heterocycles. The molecule has 0 spiro atoms. The number of anilines is 1. The van der Waals surface area contributed by atoms with E-state index in [1.54, 1.807) is 67.0 Å². The number of amides is 2. The minimum absolute atomic E-state index is 0.102. The quantitative estimate of drug-likeness (QED) is 0.324. The van der Waals surface area contributed by atoms with E-state index < -0.39 is 0 Å². The average Bonchev–Trinajstić information content (AvgIpc) is 3.56. The zero-order valence-electron chi connectivity index (χ0n) is 21.3. The third kappa shape index (κ3) is 5.04. The number of carbonyl (C=O) groups is 2. The normalized spacial score (nSPS) is 21.7. The molecule has 11 heteroatoms. The van der Waals surface area contributed by atoms with Crippen LogP contribution in [-0.4, -0.2) is 64.6 Å². The molecule has 196 valence electrons. The SMILES string of the molecule is COCC=CC(=O)N1CCCC1C1=C2C=NC=C[N+]2(N)C(c2ccc(C(=O)Nc3cc(C#N)ccn3)cc2)=N1. The van der Waals surface area contributed by atoms with Crippen molar-refractivity contribution < 1.29 is 18.9 Å². The zero-order chi connectivity index (χ0) is 27.4. The van der Waals surface area contributed by atoms with Gasteiger partial charge >= 0.3 is 0 Å². The summed E-state index contributed by atoms with van der Waals surface area (Å²) in [6.45, 7) is 0.980. The van der Waals surface area contributed by atoms with Gasteiger partial charge in [0.05, 0.1) is 42.3 Å². The lowest BCUT2D eigenvalue weighted by Crippen LogP contribution is -2.53. The van der Waals surface area contributed by atoms with Gasteiger partial charge in [-0.1, -0.05) is 6.08 Å². The number of nitrogens with zero attached hydrogens (tertiary/aromatic N) is 6. The summed E-state index contributed by atoms with van der Waals surface area (Å²) in [6, 6.07) is 11.8. The Morgan fingerprint density at radius 1 is 1.31 bits per heavy atom. The fraction of sp³-hybridized carbons (Fsp3) is 0.214. The third-order valence-corrected chi connectivity index (χ3v) is 6.73. The number of carbonyl (C=O) groups excluding carboxylic acids is 2. The summed E-state index contributed by atoms with van der Waals surface area (Å²) in [5.74, 6) is 7.26. The maximum atomic E-state index is 12.9. The second-order valence-electron chi connectivity index (χ2n) is 9.18. The molecule has 2 unspecified atom stereocenters. The summed E-state index contributed by atoms with van der Waals surface area (Å²) < 4.78 is 4.83. The number of nitrogens with two attached hydrogens (primary N) is 1. The first-order valence-electron chi connectivity index (χ1n) is 12.4. The van der Waals surface area contributed by atoms with Crippen LogP contribution in [0.5, 0.6) is 0 Å².